The smallest absolute Gasteiger partial charge is 0.270 e. The fraction of sp³-hybridized carbons (Fsp3) is 0.417. The van der Waals surface area contributed by atoms with Crippen molar-refractivity contribution in [1.29, 1.82) is 0 Å². The molecule has 2 rings (SSSR count). The molecule has 0 unspecified atom stereocenters. The standard InChI is InChI=1S/C12H13FN2O4/c1-7-3-8(15(18)19)4-9(10(7)13)11(16)14-5-12(2,17)6-14/h3-4,17H,5-6H2,1-2H3. The molecular weight excluding hydrogens is 255 g/mol. The van der Waals surface area contributed by atoms with Gasteiger partial charge in [-0.3, -0.25) is 14.9 Å². The quantitative estimate of drug-likeness (QED) is 0.646. The van der Waals surface area contributed by atoms with E-state index in [1.54, 1.807) is 6.92 Å². The molecule has 1 aliphatic rings. The lowest BCUT2D eigenvalue weighted by molar-refractivity contribution is -0.385. The zero-order valence-corrected chi connectivity index (χ0v) is 10.5. The van der Waals surface area contributed by atoms with Crippen molar-refractivity contribution < 1.29 is 19.2 Å². The van der Waals surface area contributed by atoms with Crippen LogP contribution in [0.2, 0.25) is 0 Å². The van der Waals surface area contributed by atoms with E-state index >= 15 is 0 Å². The molecule has 7 heteroatoms. The van der Waals surface area contributed by atoms with Crippen molar-refractivity contribution in [2.24, 2.45) is 0 Å². The summed E-state index contributed by atoms with van der Waals surface area (Å²) < 4.78 is 13.9. The van der Waals surface area contributed by atoms with Gasteiger partial charge in [-0.25, -0.2) is 4.39 Å². The minimum Gasteiger partial charge on any atom is -0.386 e. The number of β-amino-alcohol motifs (C(OH)–C–C–N with tert-alkyl or cyclic N) is 1. The first-order valence-electron chi connectivity index (χ1n) is 5.67. The number of nitro benzene ring substituents is 1. The molecule has 1 saturated heterocycles. The average Bonchev–Trinajstić information content (AvgIpc) is 2.28. The van der Waals surface area contributed by atoms with Crippen LogP contribution in [0.4, 0.5) is 10.1 Å². The second-order valence-electron chi connectivity index (χ2n) is 5.04. The predicted molar refractivity (Wildman–Crippen MR) is 64.3 cm³/mol. The number of carbonyl (C=O) groups is 1. The Bertz CT molecular complexity index is 563. The molecule has 1 N–H and O–H groups in total. The fourth-order valence-corrected chi connectivity index (χ4v) is 2.10. The zero-order valence-electron chi connectivity index (χ0n) is 10.5. The van der Waals surface area contributed by atoms with E-state index in [0.717, 1.165) is 12.1 Å². The van der Waals surface area contributed by atoms with Gasteiger partial charge in [-0.2, -0.15) is 0 Å². The van der Waals surface area contributed by atoms with Crippen molar-refractivity contribution in [1.82, 2.24) is 4.90 Å². The van der Waals surface area contributed by atoms with Crippen LogP contribution in [0.5, 0.6) is 0 Å². The van der Waals surface area contributed by atoms with Crippen molar-refractivity contribution in [3.63, 3.8) is 0 Å². The molecule has 0 spiro atoms. The normalized spacial score (nSPS) is 16.9. The molecule has 19 heavy (non-hydrogen) atoms. The zero-order chi connectivity index (χ0) is 14.4. The molecule has 0 radical (unpaired) electrons. The van der Waals surface area contributed by atoms with E-state index in [0.29, 0.717) is 0 Å². The van der Waals surface area contributed by atoms with Crippen molar-refractivity contribution in [2.75, 3.05) is 13.1 Å². The van der Waals surface area contributed by atoms with Gasteiger partial charge in [0.2, 0.25) is 0 Å². The van der Waals surface area contributed by atoms with E-state index in [4.69, 9.17) is 0 Å². The molecule has 102 valence electrons. The van der Waals surface area contributed by atoms with Crippen molar-refractivity contribution >= 4 is 11.6 Å². The summed E-state index contributed by atoms with van der Waals surface area (Å²) >= 11 is 0. The second-order valence-corrected chi connectivity index (χ2v) is 5.04. The molecule has 1 aliphatic heterocycles. The van der Waals surface area contributed by atoms with Crippen molar-refractivity contribution in [3.05, 3.63) is 39.2 Å². The number of nitrogens with zero attached hydrogens (tertiary/aromatic N) is 2. The van der Waals surface area contributed by atoms with Crippen LogP contribution in [-0.2, 0) is 0 Å². The molecule has 6 nitrogen and oxygen atoms in total. The Morgan fingerprint density at radius 3 is 2.58 bits per heavy atom. The second kappa shape index (κ2) is 4.27. The van der Waals surface area contributed by atoms with E-state index in [1.165, 1.54) is 11.8 Å². The number of non-ortho nitro benzene ring substituents is 1. The van der Waals surface area contributed by atoms with Crippen LogP contribution in [0, 0.1) is 22.9 Å². The molecule has 0 aliphatic carbocycles. The number of hydrogen-bond acceptors (Lipinski definition) is 4. The highest BCUT2D eigenvalue weighted by molar-refractivity contribution is 5.96. The topological polar surface area (TPSA) is 83.7 Å². The lowest BCUT2D eigenvalue weighted by atomic mass is 9.95. The fourth-order valence-electron chi connectivity index (χ4n) is 2.10. The summed E-state index contributed by atoms with van der Waals surface area (Å²) in [4.78, 5) is 23.3. The summed E-state index contributed by atoms with van der Waals surface area (Å²) in [6.45, 7) is 3.11. The van der Waals surface area contributed by atoms with Crippen molar-refractivity contribution in [3.8, 4) is 0 Å². The first-order chi connectivity index (χ1) is 8.71. The monoisotopic (exact) mass is 268 g/mol. The van der Waals surface area contributed by atoms with E-state index in [-0.39, 0.29) is 29.9 Å². The maximum atomic E-state index is 13.9. The van der Waals surface area contributed by atoms with Gasteiger partial charge in [-0.05, 0) is 19.4 Å². The molecule has 1 heterocycles. The lowest BCUT2D eigenvalue weighted by Crippen LogP contribution is -2.61. The van der Waals surface area contributed by atoms with Crippen LogP contribution >= 0.6 is 0 Å². The Kier molecular flexibility index (Phi) is 3.01. The summed E-state index contributed by atoms with van der Waals surface area (Å²) in [6.07, 6.45) is 0. The number of hydrogen-bond donors (Lipinski definition) is 1. The third kappa shape index (κ3) is 2.41. The number of carbonyl (C=O) groups excluding carboxylic acids is 1. The molecule has 1 fully saturated rings. The first kappa shape index (κ1) is 13.4. The van der Waals surface area contributed by atoms with Crippen molar-refractivity contribution in [2.45, 2.75) is 19.4 Å². The summed E-state index contributed by atoms with van der Waals surface area (Å²) in [5.74, 6) is -1.40. The van der Waals surface area contributed by atoms with Gasteiger partial charge in [0, 0.05) is 12.1 Å². The highest BCUT2D eigenvalue weighted by Crippen LogP contribution is 2.26. The van der Waals surface area contributed by atoms with Crippen LogP contribution in [0.3, 0.4) is 0 Å². The van der Waals surface area contributed by atoms with E-state index in [1.807, 2.05) is 0 Å². The van der Waals surface area contributed by atoms with Gasteiger partial charge in [-0.15, -0.1) is 0 Å². The van der Waals surface area contributed by atoms with Crippen LogP contribution in [-0.4, -0.2) is 39.5 Å². The Balaban J connectivity index is 2.34. The largest absolute Gasteiger partial charge is 0.386 e. The van der Waals surface area contributed by atoms with Crippen LogP contribution in [0.25, 0.3) is 0 Å². The number of rotatable bonds is 2. The Hall–Kier alpha value is -2.02. The number of benzene rings is 1. The predicted octanol–water partition coefficient (Wildman–Crippen LogP) is 1.25. The van der Waals surface area contributed by atoms with Crippen LogP contribution < -0.4 is 0 Å². The molecular formula is C12H13FN2O4. The summed E-state index contributed by atoms with van der Waals surface area (Å²) in [5.41, 5.74) is -1.58. The number of likely N-dealkylation sites (tertiary alicyclic amines) is 1. The van der Waals surface area contributed by atoms with Gasteiger partial charge >= 0.3 is 0 Å². The van der Waals surface area contributed by atoms with Gasteiger partial charge in [0.05, 0.1) is 29.2 Å². The number of aliphatic hydroxyl groups is 1. The third-order valence-electron chi connectivity index (χ3n) is 3.03. The van der Waals surface area contributed by atoms with Gasteiger partial charge in [-0.1, -0.05) is 0 Å². The van der Waals surface area contributed by atoms with E-state index in [2.05, 4.69) is 0 Å². The SMILES string of the molecule is Cc1cc([N+](=O)[O-])cc(C(=O)N2CC(C)(O)C2)c1F. The molecule has 0 aromatic heterocycles. The summed E-state index contributed by atoms with van der Waals surface area (Å²) in [6, 6.07) is 2.01. The Labute approximate surface area is 108 Å². The number of nitro groups is 1. The van der Waals surface area contributed by atoms with E-state index in [9.17, 15) is 24.4 Å². The number of amides is 1. The average molecular weight is 268 g/mol. The maximum Gasteiger partial charge on any atom is 0.270 e. The molecule has 0 bridgehead atoms. The van der Waals surface area contributed by atoms with Gasteiger partial charge in [0.25, 0.3) is 11.6 Å². The van der Waals surface area contributed by atoms with Gasteiger partial charge in [0.1, 0.15) is 5.82 Å². The Morgan fingerprint density at radius 2 is 2.11 bits per heavy atom. The van der Waals surface area contributed by atoms with Crippen LogP contribution in [0.15, 0.2) is 12.1 Å². The summed E-state index contributed by atoms with van der Waals surface area (Å²) in [7, 11) is 0. The third-order valence-corrected chi connectivity index (χ3v) is 3.03. The van der Waals surface area contributed by atoms with Gasteiger partial charge < -0.3 is 10.0 Å². The molecule has 0 atom stereocenters. The maximum absolute atomic E-state index is 13.9. The van der Waals surface area contributed by atoms with Crippen LogP contribution in [0.1, 0.15) is 22.8 Å². The molecule has 1 amide bonds. The van der Waals surface area contributed by atoms with E-state index < -0.39 is 22.2 Å². The first-order valence-corrected chi connectivity index (χ1v) is 5.67. The lowest BCUT2D eigenvalue weighted by Gasteiger charge is -2.44. The minimum absolute atomic E-state index is 0.0461. The van der Waals surface area contributed by atoms with Gasteiger partial charge in [0.15, 0.2) is 0 Å². The highest BCUT2D eigenvalue weighted by Gasteiger charge is 2.40. The molecule has 1 aromatic rings. The minimum atomic E-state index is -0.970. The highest BCUT2D eigenvalue weighted by atomic mass is 19.1. The number of aryl methyl sites for hydroxylation is 1. The molecule has 1 aromatic carbocycles. The Morgan fingerprint density at radius 1 is 1.53 bits per heavy atom. The summed E-state index contributed by atoms with van der Waals surface area (Å²) in [5, 5.41) is 20.3. The molecule has 0 saturated carbocycles. The number of halogens is 1.